The SMILES string of the molecule is COc1nnc(C)c2ccccc12. The van der Waals surface area contributed by atoms with E-state index in [1.807, 2.05) is 31.2 Å². The average Bonchev–Trinajstić information content (AvgIpc) is 2.19. The van der Waals surface area contributed by atoms with Crippen LogP contribution < -0.4 is 4.74 Å². The first-order valence-electron chi connectivity index (χ1n) is 4.09. The van der Waals surface area contributed by atoms with Crippen LogP contribution in [-0.4, -0.2) is 17.3 Å². The molecule has 0 amide bonds. The lowest BCUT2D eigenvalue weighted by Gasteiger charge is -2.04. The fourth-order valence-corrected chi connectivity index (χ4v) is 1.36. The van der Waals surface area contributed by atoms with E-state index in [-0.39, 0.29) is 0 Å². The molecule has 0 saturated heterocycles. The summed E-state index contributed by atoms with van der Waals surface area (Å²) in [5, 5.41) is 10.1. The van der Waals surface area contributed by atoms with Gasteiger partial charge in [0.25, 0.3) is 0 Å². The van der Waals surface area contributed by atoms with Gasteiger partial charge in [0.1, 0.15) is 0 Å². The Balaban J connectivity index is 2.84. The van der Waals surface area contributed by atoms with Crippen LogP contribution in [0.1, 0.15) is 5.69 Å². The van der Waals surface area contributed by atoms with E-state index in [1.54, 1.807) is 7.11 Å². The first-order valence-corrected chi connectivity index (χ1v) is 4.09. The summed E-state index contributed by atoms with van der Waals surface area (Å²) in [6, 6.07) is 7.94. The quantitative estimate of drug-likeness (QED) is 0.662. The van der Waals surface area contributed by atoms with Gasteiger partial charge in [-0.1, -0.05) is 18.2 Å². The number of hydrogen-bond donors (Lipinski definition) is 0. The molecule has 66 valence electrons. The van der Waals surface area contributed by atoms with Crippen molar-refractivity contribution in [1.82, 2.24) is 10.2 Å². The van der Waals surface area contributed by atoms with Crippen molar-refractivity contribution in [2.75, 3.05) is 7.11 Å². The van der Waals surface area contributed by atoms with Crippen LogP contribution in [0.25, 0.3) is 10.8 Å². The van der Waals surface area contributed by atoms with Gasteiger partial charge in [0.05, 0.1) is 12.8 Å². The number of nitrogens with zero attached hydrogens (tertiary/aromatic N) is 2. The van der Waals surface area contributed by atoms with Crippen LogP contribution in [0.3, 0.4) is 0 Å². The normalized spacial score (nSPS) is 10.3. The molecule has 0 saturated carbocycles. The van der Waals surface area contributed by atoms with E-state index in [0.717, 1.165) is 16.5 Å². The van der Waals surface area contributed by atoms with Crippen molar-refractivity contribution in [3.05, 3.63) is 30.0 Å². The highest BCUT2D eigenvalue weighted by Gasteiger charge is 2.04. The highest BCUT2D eigenvalue weighted by Crippen LogP contribution is 2.23. The molecule has 3 heteroatoms. The van der Waals surface area contributed by atoms with E-state index >= 15 is 0 Å². The van der Waals surface area contributed by atoms with Crippen LogP contribution >= 0.6 is 0 Å². The molecule has 13 heavy (non-hydrogen) atoms. The molecule has 0 radical (unpaired) electrons. The Bertz CT molecular complexity index is 440. The molecule has 0 unspecified atom stereocenters. The minimum Gasteiger partial charge on any atom is -0.479 e. The molecule has 0 N–H and O–H groups in total. The second-order valence-electron chi connectivity index (χ2n) is 2.84. The average molecular weight is 174 g/mol. The lowest BCUT2D eigenvalue weighted by Crippen LogP contribution is -1.94. The molecule has 1 heterocycles. The van der Waals surface area contributed by atoms with E-state index in [1.165, 1.54) is 0 Å². The van der Waals surface area contributed by atoms with Gasteiger partial charge in [-0.3, -0.25) is 0 Å². The van der Waals surface area contributed by atoms with Gasteiger partial charge in [0.15, 0.2) is 0 Å². The van der Waals surface area contributed by atoms with E-state index in [0.29, 0.717) is 5.88 Å². The van der Waals surface area contributed by atoms with E-state index in [9.17, 15) is 0 Å². The molecule has 2 aromatic rings. The summed E-state index contributed by atoms with van der Waals surface area (Å²) >= 11 is 0. The van der Waals surface area contributed by atoms with Gasteiger partial charge < -0.3 is 4.74 Å². The Morgan fingerprint density at radius 2 is 1.77 bits per heavy atom. The fraction of sp³-hybridized carbons (Fsp3) is 0.200. The van der Waals surface area contributed by atoms with Crippen LogP contribution in [-0.2, 0) is 0 Å². The number of rotatable bonds is 1. The van der Waals surface area contributed by atoms with Gasteiger partial charge in [-0.15, -0.1) is 5.10 Å². The molecule has 0 atom stereocenters. The monoisotopic (exact) mass is 174 g/mol. The predicted molar refractivity (Wildman–Crippen MR) is 50.8 cm³/mol. The summed E-state index contributed by atoms with van der Waals surface area (Å²) in [7, 11) is 1.60. The van der Waals surface area contributed by atoms with Gasteiger partial charge in [-0.25, -0.2) is 0 Å². The van der Waals surface area contributed by atoms with Crippen LogP contribution in [0.15, 0.2) is 24.3 Å². The van der Waals surface area contributed by atoms with Gasteiger partial charge >= 0.3 is 0 Å². The number of methoxy groups -OCH3 is 1. The molecule has 0 bridgehead atoms. The highest BCUT2D eigenvalue weighted by atomic mass is 16.5. The van der Waals surface area contributed by atoms with Crippen LogP contribution in [0.2, 0.25) is 0 Å². The maximum absolute atomic E-state index is 5.11. The third kappa shape index (κ3) is 1.22. The standard InChI is InChI=1S/C10H10N2O/c1-7-8-5-3-4-6-9(8)10(13-2)12-11-7/h3-6H,1-2H3. The summed E-state index contributed by atoms with van der Waals surface area (Å²) in [4.78, 5) is 0. The number of hydrogen-bond acceptors (Lipinski definition) is 3. The van der Waals surface area contributed by atoms with Crippen molar-refractivity contribution >= 4 is 10.8 Å². The van der Waals surface area contributed by atoms with Gasteiger partial charge in [-0.2, -0.15) is 5.10 Å². The minimum atomic E-state index is 0.584. The second-order valence-corrected chi connectivity index (χ2v) is 2.84. The van der Waals surface area contributed by atoms with Crippen molar-refractivity contribution in [2.24, 2.45) is 0 Å². The third-order valence-corrected chi connectivity index (χ3v) is 2.03. The van der Waals surface area contributed by atoms with Crippen molar-refractivity contribution in [1.29, 1.82) is 0 Å². The largest absolute Gasteiger partial charge is 0.479 e. The molecule has 0 fully saturated rings. The van der Waals surface area contributed by atoms with Gasteiger partial charge in [0.2, 0.25) is 5.88 Å². The second kappa shape index (κ2) is 3.01. The van der Waals surface area contributed by atoms with E-state index < -0.39 is 0 Å². The van der Waals surface area contributed by atoms with Crippen molar-refractivity contribution in [3.8, 4) is 5.88 Å². The Hall–Kier alpha value is -1.64. The number of ether oxygens (including phenoxy) is 1. The number of fused-ring (bicyclic) bond motifs is 1. The zero-order valence-electron chi connectivity index (χ0n) is 7.61. The van der Waals surface area contributed by atoms with Crippen molar-refractivity contribution in [2.45, 2.75) is 6.92 Å². The molecule has 0 aliphatic rings. The van der Waals surface area contributed by atoms with Crippen LogP contribution in [0.4, 0.5) is 0 Å². The first-order chi connectivity index (χ1) is 6.33. The van der Waals surface area contributed by atoms with Crippen LogP contribution in [0, 0.1) is 6.92 Å². The predicted octanol–water partition coefficient (Wildman–Crippen LogP) is 1.95. The zero-order chi connectivity index (χ0) is 9.26. The Morgan fingerprint density at radius 1 is 1.08 bits per heavy atom. The maximum atomic E-state index is 5.11. The maximum Gasteiger partial charge on any atom is 0.241 e. The molecule has 2 rings (SSSR count). The molecule has 1 aromatic carbocycles. The highest BCUT2D eigenvalue weighted by molar-refractivity contribution is 5.88. The number of aromatic nitrogens is 2. The number of benzene rings is 1. The molecular weight excluding hydrogens is 164 g/mol. The molecular formula is C10H10N2O. The van der Waals surface area contributed by atoms with Crippen molar-refractivity contribution in [3.63, 3.8) is 0 Å². The fourth-order valence-electron chi connectivity index (χ4n) is 1.36. The Kier molecular flexibility index (Phi) is 1.85. The summed E-state index contributed by atoms with van der Waals surface area (Å²) in [5.74, 6) is 0.584. The minimum absolute atomic E-state index is 0.584. The summed E-state index contributed by atoms with van der Waals surface area (Å²) < 4.78 is 5.11. The summed E-state index contributed by atoms with van der Waals surface area (Å²) in [6.07, 6.45) is 0. The van der Waals surface area contributed by atoms with Crippen LogP contribution in [0.5, 0.6) is 5.88 Å². The lowest BCUT2D eigenvalue weighted by atomic mass is 10.1. The first kappa shape index (κ1) is 7.98. The third-order valence-electron chi connectivity index (χ3n) is 2.03. The number of aryl methyl sites for hydroxylation is 1. The molecule has 1 aromatic heterocycles. The lowest BCUT2D eigenvalue weighted by molar-refractivity contribution is 0.397. The Labute approximate surface area is 76.4 Å². The molecule has 0 aliphatic carbocycles. The molecule has 3 nitrogen and oxygen atoms in total. The van der Waals surface area contributed by atoms with Crippen molar-refractivity contribution < 1.29 is 4.74 Å². The molecule has 0 spiro atoms. The zero-order valence-corrected chi connectivity index (χ0v) is 7.61. The van der Waals surface area contributed by atoms with Gasteiger partial charge in [0, 0.05) is 10.8 Å². The summed E-state index contributed by atoms with van der Waals surface area (Å²) in [5.41, 5.74) is 0.927. The molecule has 0 aliphatic heterocycles. The smallest absolute Gasteiger partial charge is 0.241 e. The van der Waals surface area contributed by atoms with Gasteiger partial charge in [-0.05, 0) is 13.0 Å². The Morgan fingerprint density at radius 3 is 2.46 bits per heavy atom. The topological polar surface area (TPSA) is 35.0 Å². The van der Waals surface area contributed by atoms with E-state index in [2.05, 4.69) is 10.2 Å². The summed E-state index contributed by atoms with van der Waals surface area (Å²) in [6.45, 7) is 1.94. The van der Waals surface area contributed by atoms with E-state index in [4.69, 9.17) is 4.74 Å².